The van der Waals surface area contributed by atoms with E-state index in [-0.39, 0.29) is 11.7 Å². The Morgan fingerprint density at radius 3 is 2.11 bits per heavy atom. The van der Waals surface area contributed by atoms with Gasteiger partial charge in [0.2, 0.25) is 0 Å². The van der Waals surface area contributed by atoms with E-state index in [0.717, 1.165) is 5.56 Å². The number of nitrogens with zero attached hydrogens (tertiary/aromatic N) is 1. The average Bonchev–Trinajstić information content (AvgIpc) is 2.42. The first kappa shape index (κ1) is 14.2. The first-order valence-electron chi connectivity index (χ1n) is 6.04. The fourth-order valence-electron chi connectivity index (χ4n) is 1.84. The summed E-state index contributed by atoms with van der Waals surface area (Å²) < 4.78 is 0. The Kier molecular flexibility index (Phi) is 5.31. The summed E-state index contributed by atoms with van der Waals surface area (Å²) in [6.07, 6.45) is 0.995. The number of hydrogen-bond donors (Lipinski definition) is 0. The highest BCUT2D eigenvalue weighted by atomic mass is 16.2. The van der Waals surface area contributed by atoms with Crippen molar-refractivity contribution in [2.24, 2.45) is 0 Å². The Hall–Kier alpha value is -1.90. The third-order valence-electron chi connectivity index (χ3n) is 2.91. The molecule has 18 heavy (non-hydrogen) atoms. The van der Waals surface area contributed by atoms with Crippen LogP contribution in [-0.4, -0.2) is 29.7 Å². The zero-order valence-electron chi connectivity index (χ0n) is 10.8. The number of ketones is 1. The van der Waals surface area contributed by atoms with Gasteiger partial charge >= 0.3 is 0 Å². The number of aryl methyl sites for hydroxylation is 1. The first-order chi connectivity index (χ1) is 8.66. The van der Waals surface area contributed by atoms with E-state index in [2.05, 4.69) is 13.2 Å². The number of carbonyl (C=O) groups is 2. The molecular formula is C15H19NO2. The largest absolute Gasteiger partial charge is 0.338 e. The lowest BCUT2D eigenvalue weighted by Crippen LogP contribution is -2.38. The summed E-state index contributed by atoms with van der Waals surface area (Å²) >= 11 is 0. The number of benzene rings is 1. The van der Waals surface area contributed by atoms with Crippen molar-refractivity contribution < 1.29 is 9.59 Å². The van der Waals surface area contributed by atoms with E-state index >= 15 is 0 Å². The van der Waals surface area contributed by atoms with Gasteiger partial charge in [-0.05, 0) is 19.1 Å². The summed E-state index contributed by atoms with van der Waals surface area (Å²) in [7, 11) is 0. The molecule has 1 fully saturated rings. The molecule has 3 heteroatoms. The molecule has 0 aromatic heterocycles. The van der Waals surface area contributed by atoms with Crippen LogP contribution in [-0.2, 0) is 4.79 Å². The van der Waals surface area contributed by atoms with Crippen LogP contribution in [0.15, 0.2) is 37.4 Å². The average molecular weight is 245 g/mol. The molecule has 1 aromatic rings. The summed E-state index contributed by atoms with van der Waals surface area (Å²) in [6.45, 7) is 9.12. The predicted molar refractivity (Wildman–Crippen MR) is 72.6 cm³/mol. The second kappa shape index (κ2) is 6.74. The first-order valence-corrected chi connectivity index (χ1v) is 6.04. The Morgan fingerprint density at radius 1 is 1.11 bits per heavy atom. The Morgan fingerprint density at radius 2 is 1.61 bits per heavy atom. The van der Waals surface area contributed by atoms with Gasteiger partial charge in [0, 0.05) is 31.5 Å². The van der Waals surface area contributed by atoms with Gasteiger partial charge in [-0.3, -0.25) is 9.59 Å². The van der Waals surface area contributed by atoms with Crippen LogP contribution >= 0.6 is 0 Å². The van der Waals surface area contributed by atoms with E-state index in [1.165, 1.54) is 0 Å². The second-order valence-corrected chi connectivity index (χ2v) is 4.20. The smallest absolute Gasteiger partial charge is 0.253 e. The third kappa shape index (κ3) is 3.55. The van der Waals surface area contributed by atoms with Crippen LogP contribution in [0.1, 0.15) is 28.8 Å². The van der Waals surface area contributed by atoms with Crippen LogP contribution in [0.3, 0.4) is 0 Å². The predicted octanol–water partition coefficient (Wildman–Crippen LogP) is 2.60. The van der Waals surface area contributed by atoms with Crippen LogP contribution in [0.4, 0.5) is 0 Å². The van der Waals surface area contributed by atoms with E-state index in [1.54, 1.807) is 4.90 Å². The summed E-state index contributed by atoms with van der Waals surface area (Å²) in [5.74, 6) is 0.292. The number of carbonyl (C=O) groups excluding carboxylic acids is 2. The monoisotopic (exact) mass is 245 g/mol. The summed E-state index contributed by atoms with van der Waals surface area (Å²) in [5.41, 5.74) is 1.85. The van der Waals surface area contributed by atoms with Crippen LogP contribution in [0.2, 0.25) is 0 Å². The van der Waals surface area contributed by atoms with Crippen molar-refractivity contribution in [1.82, 2.24) is 4.90 Å². The number of amides is 1. The molecule has 0 saturated carbocycles. The minimum absolute atomic E-state index is 0.0347. The highest BCUT2D eigenvalue weighted by Crippen LogP contribution is 2.11. The van der Waals surface area contributed by atoms with Gasteiger partial charge in [-0.25, -0.2) is 0 Å². The topological polar surface area (TPSA) is 37.4 Å². The molecular weight excluding hydrogens is 226 g/mol. The van der Waals surface area contributed by atoms with Crippen molar-refractivity contribution in [2.45, 2.75) is 19.8 Å². The van der Waals surface area contributed by atoms with E-state index in [4.69, 9.17) is 0 Å². The molecule has 2 rings (SSSR count). The molecule has 1 aliphatic rings. The highest BCUT2D eigenvalue weighted by Gasteiger charge is 2.21. The second-order valence-electron chi connectivity index (χ2n) is 4.20. The molecule has 1 amide bonds. The number of likely N-dealkylation sites (tertiary alicyclic amines) is 1. The maximum Gasteiger partial charge on any atom is 0.253 e. The molecule has 1 saturated heterocycles. The molecule has 3 nitrogen and oxygen atoms in total. The number of piperidine rings is 1. The van der Waals surface area contributed by atoms with Gasteiger partial charge in [-0.1, -0.05) is 17.7 Å². The molecule has 0 atom stereocenters. The lowest BCUT2D eigenvalue weighted by molar-refractivity contribution is -0.120. The minimum Gasteiger partial charge on any atom is -0.338 e. The Labute approximate surface area is 108 Å². The molecule has 0 N–H and O–H groups in total. The molecule has 0 bridgehead atoms. The minimum atomic E-state index is 0.0347. The van der Waals surface area contributed by atoms with E-state index in [0.29, 0.717) is 31.5 Å². The number of Topliss-reactive ketones (excluding diaryl/α,β-unsaturated/α-hetero) is 1. The van der Waals surface area contributed by atoms with E-state index in [9.17, 15) is 9.59 Å². The quantitative estimate of drug-likeness (QED) is 0.713. The molecule has 0 unspecified atom stereocenters. The molecule has 0 radical (unpaired) electrons. The lowest BCUT2D eigenvalue weighted by atomic mass is 10.1. The van der Waals surface area contributed by atoms with Crippen LogP contribution < -0.4 is 0 Å². The SMILES string of the molecule is C=C.Cc1ccc(C(=O)N2CCC(=O)CC2)cc1. The lowest BCUT2D eigenvalue weighted by Gasteiger charge is -2.26. The van der Waals surface area contributed by atoms with Crippen molar-refractivity contribution in [3.8, 4) is 0 Å². The third-order valence-corrected chi connectivity index (χ3v) is 2.91. The van der Waals surface area contributed by atoms with Gasteiger partial charge in [0.15, 0.2) is 0 Å². The van der Waals surface area contributed by atoms with E-state index < -0.39 is 0 Å². The normalized spacial score (nSPS) is 14.7. The molecule has 0 spiro atoms. The van der Waals surface area contributed by atoms with E-state index in [1.807, 2.05) is 31.2 Å². The highest BCUT2D eigenvalue weighted by molar-refractivity contribution is 5.95. The van der Waals surface area contributed by atoms with Crippen molar-refractivity contribution in [1.29, 1.82) is 0 Å². The zero-order valence-corrected chi connectivity index (χ0v) is 10.8. The van der Waals surface area contributed by atoms with Crippen molar-refractivity contribution >= 4 is 11.7 Å². The van der Waals surface area contributed by atoms with Crippen LogP contribution in [0.25, 0.3) is 0 Å². The maximum absolute atomic E-state index is 12.0. The Balaban J connectivity index is 0.000000771. The fourth-order valence-corrected chi connectivity index (χ4v) is 1.84. The van der Waals surface area contributed by atoms with Crippen molar-refractivity contribution in [3.05, 3.63) is 48.6 Å². The summed E-state index contributed by atoms with van der Waals surface area (Å²) in [6, 6.07) is 7.55. The zero-order chi connectivity index (χ0) is 13.5. The summed E-state index contributed by atoms with van der Waals surface area (Å²) in [4.78, 5) is 24.9. The van der Waals surface area contributed by atoms with Gasteiger partial charge in [0.05, 0.1) is 0 Å². The molecule has 1 aliphatic heterocycles. The number of rotatable bonds is 1. The van der Waals surface area contributed by atoms with Gasteiger partial charge in [-0.2, -0.15) is 0 Å². The van der Waals surface area contributed by atoms with Gasteiger partial charge in [0.25, 0.3) is 5.91 Å². The Bertz CT molecular complexity index is 413. The maximum atomic E-state index is 12.0. The standard InChI is InChI=1S/C13H15NO2.C2H4/c1-10-2-4-11(5-3-10)13(16)14-8-6-12(15)7-9-14;1-2/h2-5H,6-9H2,1H3;1-2H2. The number of hydrogen-bond acceptors (Lipinski definition) is 2. The van der Waals surface area contributed by atoms with Crippen molar-refractivity contribution in [3.63, 3.8) is 0 Å². The molecule has 1 heterocycles. The van der Waals surface area contributed by atoms with Gasteiger partial charge < -0.3 is 4.90 Å². The van der Waals surface area contributed by atoms with Gasteiger partial charge in [0.1, 0.15) is 5.78 Å². The molecule has 0 aliphatic carbocycles. The van der Waals surface area contributed by atoms with Crippen molar-refractivity contribution in [2.75, 3.05) is 13.1 Å². The van der Waals surface area contributed by atoms with Crippen LogP contribution in [0.5, 0.6) is 0 Å². The fraction of sp³-hybridized carbons (Fsp3) is 0.333. The summed E-state index contributed by atoms with van der Waals surface area (Å²) in [5, 5.41) is 0. The van der Waals surface area contributed by atoms with Crippen LogP contribution in [0, 0.1) is 6.92 Å². The molecule has 96 valence electrons. The molecule has 1 aromatic carbocycles. The van der Waals surface area contributed by atoms with Gasteiger partial charge in [-0.15, -0.1) is 13.2 Å².